The molecule has 0 amide bonds. The molecule has 0 fully saturated rings. The van der Waals surface area contributed by atoms with Crippen LogP contribution in [0.3, 0.4) is 0 Å². The van der Waals surface area contributed by atoms with Gasteiger partial charge in [-0.05, 0) is 18.1 Å². The summed E-state index contributed by atoms with van der Waals surface area (Å²) in [5.74, 6) is -1.07. The molecular formula is C14H15Cl2NO. The molecule has 0 N–H and O–H groups in total. The Morgan fingerprint density at radius 2 is 1.72 bits per heavy atom. The molecule has 1 rings (SSSR count). The topological polar surface area (TPSA) is 40.9 Å². The van der Waals surface area contributed by atoms with Crippen LogP contribution in [0.1, 0.15) is 32.3 Å². The molecular weight excluding hydrogens is 269 g/mol. The first-order valence-electron chi connectivity index (χ1n) is 5.77. The molecule has 0 aliphatic rings. The number of nitriles is 1. The third kappa shape index (κ3) is 3.04. The molecule has 0 saturated heterocycles. The SMILES string of the molecule is CC(C)C(C)C(=O)C(C#N)c1c(Cl)cccc1Cl. The highest BCUT2D eigenvalue weighted by Crippen LogP contribution is 2.34. The highest BCUT2D eigenvalue weighted by molar-refractivity contribution is 6.36. The van der Waals surface area contributed by atoms with E-state index in [1.807, 2.05) is 26.8 Å². The van der Waals surface area contributed by atoms with Crippen LogP contribution in [0.25, 0.3) is 0 Å². The van der Waals surface area contributed by atoms with Gasteiger partial charge in [0.05, 0.1) is 6.07 Å². The van der Waals surface area contributed by atoms with Crippen molar-refractivity contribution in [1.29, 1.82) is 5.26 Å². The van der Waals surface area contributed by atoms with Crippen molar-refractivity contribution < 1.29 is 4.79 Å². The molecule has 2 nitrogen and oxygen atoms in total. The van der Waals surface area contributed by atoms with Gasteiger partial charge in [-0.25, -0.2) is 0 Å². The van der Waals surface area contributed by atoms with Crippen molar-refractivity contribution in [3.63, 3.8) is 0 Å². The molecule has 0 radical (unpaired) electrons. The summed E-state index contributed by atoms with van der Waals surface area (Å²) in [6, 6.07) is 6.99. The van der Waals surface area contributed by atoms with E-state index in [-0.39, 0.29) is 17.6 Å². The van der Waals surface area contributed by atoms with Crippen LogP contribution in [-0.2, 0) is 4.79 Å². The maximum Gasteiger partial charge on any atom is 0.157 e. The molecule has 96 valence electrons. The van der Waals surface area contributed by atoms with Crippen LogP contribution in [0.5, 0.6) is 0 Å². The van der Waals surface area contributed by atoms with Gasteiger partial charge in [-0.2, -0.15) is 5.26 Å². The van der Waals surface area contributed by atoms with Crippen molar-refractivity contribution in [3.05, 3.63) is 33.8 Å². The van der Waals surface area contributed by atoms with E-state index in [4.69, 9.17) is 23.2 Å². The summed E-state index contributed by atoms with van der Waals surface area (Å²) < 4.78 is 0. The molecule has 0 saturated carbocycles. The number of hydrogen-bond acceptors (Lipinski definition) is 2. The summed E-state index contributed by atoms with van der Waals surface area (Å²) in [5.41, 5.74) is 0.417. The fourth-order valence-electron chi connectivity index (χ4n) is 1.65. The summed E-state index contributed by atoms with van der Waals surface area (Å²) >= 11 is 12.1. The van der Waals surface area contributed by atoms with Gasteiger partial charge in [0.1, 0.15) is 5.92 Å². The number of nitrogens with zero attached hydrogens (tertiary/aromatic N) is 1. The highest BCUT2D eigenvalue weighted by Gasteiger charge is 2.30. The third-order valence-corrected chi connectivity index (χ3v) is 3.81. The predicted octanol–water partition coefficient (Wildman–Crippen LogP) is 4.46. The Morgan fingerprint density at radius 1 is 1.22 bits per heavy atom. The minimum Gasteiger partial charge on any atom is -0.298 e. The van der Waals surface area contributed by atoms with Crippen LogP contribution in [0.15, 0.2) is 18.2 Å². The molecule has 0 heterocycles. The zero-order valence-electron chi connectivity index (χ0n) is 10.6. The number of hydrogen-bond donors (Lipinski definition) is 0. The lowest BCUT2D eigenvalue weighted by Gasteiger charge is -2.19. The summed E-state index contributed by atoms with van der Waals surface area (Å²) in [5, 5.41) is 9.96. The Morgan fingerprint density at radius 3 is 2.11 bits per heavy atom. The minimum absolute atomic E-state index is 0.137. The van der Waals surface area contributed by atoms with Gasteiger partial charge >= 0.3 is 0 Å². The van der Waals surface area contributed by atoms with E-state index in [0.717, 1.165) is 0 Å². The Hall–Kier alpha value is -1.04. The molecule has 18 heavy (non-hydrogen) atoms. The highest BCUT2D eigenvalue weighted by atomic mass is 35.5. The zero-order chi connectivity index (χ0) is 13.9. The molecule has 0 bridgehead atoms. The molecule has 0 aliphatic heterocycles. The molecule has 2 atom stereocenters. The lowest BCUT2D eigenvalue weighted by Crippen LogP contribution is -2.23. The fourth-order valence-corrected chi connectivity index (χ4v) is 2.26. The van der Waals surface area contributed by atoms with E-state index in [1.165, 1.54) is 0 Å². The average molecular weight is 284 g/mol. The van der Waals surface area contributed by atoms with E-state index in [0.29, 0.717) is 15.6 Å². The fraction of sp³-hybridized carbons (Fsp3) is 0.429. The van der Waals surface area contributed by atoms with Gasteiger partial charge in [-0.1, -0.05) is 50.0 Å². The van der Waals surface area contributed by atoms with Crippen molar-refractivity contribution >= 4 is 29.0 Å². The van der Waals surface area contributed by atoms with Gasteiger partial charge in [0.25, 0.3) is 0 Å². The summed E-state index contributed by atoms with van der Waals surface area (Å²) in [4.78, 5) is 12.3. The first-order valence-corrected chi connectivity index (χ1v) is 6.53. The second kappa shape index (κ2) is 6.22. The number of carbonyl (C=O) groups is 1. The van der Waals surface area contributed by atoms with Gasteiger partial charge in [-0.3, -0.25) is 4.79 Å². The number of ketones is 1. The quantitative estimate of drug-likeness (QED) is 0.818. The van der Waals surface area contributed by atoms with Gasteiger partial charge < -0.3 is 0 Å². The molecule has 2 unspecified atom stereocenters. The van der Waals surface area contributed by atoms with Crippen molar-refractivity contribution in [3.8, 4) is 6.07 Å². The lowest BCUT2D eigenvalue weighted by molar-refractivity contribution is -0.123. The molecule has 0 aromatic heterocycles. The summed E-state index contributed by atoms with van der Waals surface area (Å²) in [6.45, 7) is 5.72. The Balaban J connectivity index is 3.20. The molecule has 0 aliphatic carbocycles. The number of Topliss-reactive ketones (excluding diaryl/α,β-unsaturated/α-hetero) is 1. The van der Waals surface area contributed by atoms with Gasteiger partial charge in [-0.15, -0.1) is 0 Å². The number of rotatable bonds is 4. The lowest BCUT2D eigenvalue weighted by atomic mass is 9.83. The Kier molecular flexibility index (Phi) is 5.19. The van der Waals surface area contributed by atoms with Gasteiger partial charge in [0, 0.05) is 21.5 Å². The van der Waals surface area contributed by atoms with Crippen LogP contribution >= 0.6 is 23.2 Å². The van der Waals surface area contributed by atoms with Gasteiger partial charge in [0.2, 0.25) is 0 Å². The maximum absolute atomic E-state index is 12.3. The van der Waals surface area contributed by atoms with E-state index < -0.39 is 5.92 Å². The summed E-state index contributed by atoms with van der Waals surface area (Å²) in [6.07, 6.45) is 0. The van der Waals surface area contributed by atoms with Gasteiger partial charge in [0.15, 0.2) is 5.78 Å². The number of carbonyl (C=O) groups excluding carboxylic acids is 1. The maximum atomic E-state index is 12.3. The monoisotopic (exact) mass is 283 g/mol. The Bertz CT molecular complexity index is 471. The Labute approximate surface area is 118 Å². The smallest absolute Gasteiger partial charge is 0.157 e. The molecule has 1 aromatic carbocycles. The third-order valence-electron chi connectivity index (χ3n) is 3.15. The summed E-state index contributed by atoms with van der Waals surface area (Å²) in [7, 11) is 0. The van der Waals surface area contributed by atoms with E-state index >= 15 is 0 Å². The number of halogens is 2. The molecule has 1 aromatic rings. The predicted molar refractivity (Wildman–Crippen MR) is 73.8 cm³/mol. The first kappa shape index (κ1) is 15.0. The largest absolute Gasteiger partial charge is 0.298 e. The van der Waals surface area contributed by atoms with Crippen LogP contribution in [-0.4, -0.2) is 5.78 Å². The normalized spacial score (nSPS) is 14.1. The zero-order valence-corrected chi connectivity index (χ0v) is 12.1. The minimum atomic E-state index is -0.899. The van der Waals surface area contributed by atoms with Crippen molar-refractivity contribution in [1.82, 2.24) is 0 Å². The van der Waals surface area contributed by atoms with Crippen molar-refractivity contribution in [2.45, 2.75) is 26.7 Å². The van der Waals surface area contributed by atoms with E-state index in [9.17, 15) is 10.1 Å². The van der Waals surface area contributed by atoms with E-state index in [2.05, 4.69) is 0 Å². The average Bonchev–Trinajstić information content (AvgIpc) is 2.32. The van der Waals surface area contributed by atoms with Crippen molar-refractivity contribution in [2.24, 2.45) is 11.8 Å². The second-order valence-electron chi connectivity index (χ2n) is 4.63. The number of benzene rings is 1. The van der Waals surface area contributed by atoms with Crippen molar-refractivity contribution in [2.75, 3.05) is 0 Å². The molecule has 4 heteroatoms. The second-order valence-corrected chi connectivity index (χ2v) is 5.45. The van der Waals surface area contributed by atoms with E-state index in [1.54, 1.807) is 18.2 Å². The molecule has 0 spiro atoms. The van der Waals surface area contributed by atoms with Crippen LogP contribution in [0.4, 0.5) is 0 Å². The first-order chi connectivity index (χ1) is 8.40. The standard InChI is InChI=1S/C14H15Cl2NO/c1-8(2)9(3)14(18)10(7-17)13-11(15)5-4-6-12(13)16/h4-6,8-10H,1-3H3. The van der Waals surface area contributed by atoms with Crippen LogP contribution in [0, 0.1) is 23.2 Å². The van der Waals surface area contributed by atoms with Crippen LogP contribution in [0.2, 0.25) is 10.0 Å². The van der Waals surface area contributed by atoms with Crippen LogP contribution < -0.4 is 0 Å².